The van der Waals surface area contributed by atoms with Crippen LogP contribution in [0.5, 0.6) is 0 Å². The molecule has 0 radical (unpaired) electrons. The van der Waals surface area contributed by atoms with Gasteiger partial charge in [0.05, 0.1) is 11.4 Å². The molecule has 0 saturated heterocycles. The first-order valence-corrected chi connectivity index (χ1v) is 14.9. The van der Waals surface area contributed by atoms with Crippen molar-refractivity contribution >= 4 is 23.5 Å². The Morgan fingerprint density at radius 1 is 0.667 bits per heavy atom. The highest BCUT2D eigenvalue weighted by atomic mass is 32.2. The zero-order valence-corrected chi connectivity index (χ0v) is 24.4. The van der Waals surface area contributed by atoms with E-state index >= 15 is 0 Å². The van der Waals surface area contributed by atoms with Crippen molar-refractivity contribution in [1.29, 1.82) is 10.5 Å². The lowest BCUT2D eigenvalue weighted by Gasteiger charge is -2.08. The van der Waals surface area contributed by atoms with Gasteiger partial charge in [-0.15, -0.1) is 0 Å². The molecule has 10 heteroatoms. The van der Waals surface area contributed by atoms with E-state index < -0.39 is 11.1 Å². The normalized spacial score (nSPS) is 10.7. The number of rotatable bonds is 8. The largest absolute Gasteiger partial charge is 0.300 e. The van der Waals surface area contributed by atoms with Crippen LogP contribution in [0.25, 0.3) is 22.5 Å². The third-order valence-corrected chi connectivity index (χ3v) is 8.26. The highest BCUT2D eigenvalue weighted by Crippen LogP contribution is 2.27. The summed E-state index contributed by atoms with van der Waals surface area (Å²) < 4.78 is 0. The molecular formula is C32H24N6O2S2. The summed E-state index contributed by atoms with van der Waals surface area (Å²) in [5.41, 5.74) is 5.37. The molecule has 3 aromatic carbocycles. The molecule has 0 aliphatic carbocycles. The van der Waals surface area contributed by atoms with E-state index in [1.54, 1.807) is 0 Å². The number of aryl methyl sites for hydroxylation is 2. The lowest BCUT2D eigenvalue weighted by molar-refractivity contribution is 0.933. The minimum absolute atomic E-state index is 0.00379. The molecule has 2 aromatic heterocycles. The fourth-order valence-corrected chi connectivity index (χ4v) is 5.92. The summed E-state index contributed by atoms with van der Waals surface area (Å²) in [7, 11) is 0. The van der Waals surface area contributed by atoms with Gasteiger partial charge in [-0.25, -0.2) is 9.97 Å². The van der Waals surface area contributed by atoms with Crippen LogP contribution in [0, 0.1) is 36.5 Å². The van der Waals surface area contributed by atoms with Gasteiger partial charge in [0.1, 0.15) is 23.3 Å². The van der Waals surface area contributed by atoms with Gasteiger partial charge in [0, 0.05) is 22.6 Å². The van der Waals surface area contributed by atoms with E-state index in [0.29, 0.717) is 33.2 Å². The Morgan fingerprint density at radius 3 is 1.43 bits per heavy atom. The minimum atomic E-state index is -0.459. The van der Waals surface area contributed by atoms with Gasteiger partial charge in [-0.2, -0.15) is 10.5 Å². The molecule has 2 N–H and O–H groups in total. The molecular weight excluding hydrogens is 565 g/mol. The van der Waals surface area contributed by atoms with Crippen molar-refractivity contribution in [2.45, 2.75) is 35.7 Å². The van der Waals surface area contributed by atoms with Gasteiger partial charge in [-0.3, -0.25) is 9.59 Å². The first kappa shape index (κ1) is 28.6. The van der Waals surface area contributed by atoms with Gasteiger partial charge in [0.2, 0.25) is 0 Å². The molecule has 42 heavy (non-hydrogen) atoms. The smallest absolute Gasteiger partial charge is 0.270 e. The summed E-state index contributed by atoms with van der Waals surface area (Å²) in [6.45, 7) is 3.90. The number of hydrogen-bond donors (Lipinski definition) is 2. The quantitative estimate of drug-likeness (QED) is 0.163. The summed E-state index contributed by atoms with van der Waals surface area (Å²) in [4.78, 5) is 39.8. The van der Waals surface area contributed by atoms with Crippen LogP contribution in [0.3, 0.4) is 0 Å². The van der Waals surface area contributed by atoms with Crippen molar-refractivity contribution in [1.82, 2.24) is 19.9 Å². The molecule has 0 aliphatic rings. The molecule has 5 aromatic rings. The van der Waals surface area contributed by atoms with E-state index in [1.165, 1.54) is 23.5 Å². The molecule has 0 atom stereocenters. The predicted octanol–water partition coefficient (Wildman–Crippen LogP) is 6.13. The molecule has 0 fully saturated rings. The summed E-state index contributed by atoms with van der Waals surface area (Å²) in [6.07, 6.45) is 0. The Bertz CT molecular complexity index is 1840. The van der Waals surface area contributed by atoms with Crippen LogP contribution < -0.4 is 11.1 Å². The average molecular weight is 589 g/mol. The fraction of sp³-hybridized carbons (Fsp3) is 0.125. The topological polar surface area (TPSA) is 139 Å². The molecule has 0 amide bonds. The van der Waals surface area contributed by atoms with E-state index in [-0.39, 0.29) is 11.1 Å². The maximum atomic E-state index is 12.6. The van der Waals surface area contributed by atoms with Crippen LogP contribution in [0.15, 0.2) is 92.7 Å². The molecule has 0 saturated carbocycles. The number of H-pyrrole nitrogens is 2. The summed E-state index contributed by atoms with van der Waals surface area (Å²) >= 11 is 2.77. The Kier molecular flexibility index (Phi) is 8.68. The number of aromatic nitrogens is 4. The van der Waals surface area contributed by atoms with Crippen LogP contribution in [0.1, 0.15) is 33.4 Å². The van der Waals surface area contributed by atoms with Crippen molar-refractivity contribution in [3.63, 3.8) is 0 Å². The first-order chi connectivity index (χ1) is 20.3. The number of benzene rings is 3. The summed E-state index contributed by atoms with van der Waals surface area (Å²) in [5.74, 6) is 1.14. The molecule has 2 heterocycles. The minimum Gasteiger partial charge on any atom is -0.300 e. The van der Waals surface area contributed by atoms with Crippen LogP contribution in [-0.2, 0) is 11.5 Å². The molecule has 0 aliphatic heterocycles. The van der Waals surface area contributed by atoms with Crippen LogP contribution in [-0.4, -0.2) is 19.9 Å². The monoisotopic (exact) mass is 588 g/mol. The number of nitrogens with zero attached hydrogens (tertiary/aromatic N) is 4. The van der Waals surface area contributed by atoms with Crippen LogP contribution in [0.2, 0.25) is 0 Å². The average Bonchev–Trinajstić information content (AvgIpc) is 2.99. The summed E-state index contributed by atoms with van der Waals surface area (Å²) in [5, 5.41) is 19.9. The predicted molar refractivity (Wildman–Crippen MR) is 165 cm³/mol. The Morgan fingerprint density at radius 2 is 1.07 bits per heavy atom. The van der Waals surface area contributed by atoms with Gasteiger partial charge in [-0.05, 0) is 37.1 Å². The number of thioether (sulfide) groups is 2. The molecule has 8 nitrogen and oxygen atoms in total. The van der Waals surface area contributed by atoms with Gasteiger partial charge < -0.3 is 9.97 Å². The maximum Gasteiger partial charge on any atom is 0.270 e. The fourth-order valence-electron chi connectivity index (χ4n) is 4.29. The van der Waals surface area contributed by atoms with E-state index in [9.17, 15) is 20.1 Å². The second-order valence-corrected chi connectivity index (χ2v) is 11.5. The zero-order valence-electron chi connectivity index (χ0n) is 22.8. The number of aromatic amines is 2. The standard InChI is InChI=1S/C32H24N6O2S2/c1-19-5-3-7-23(13-19)27-25(15-33)29(39)37-31(35-27)41-17-21-9-11-22(12-10-21)18-42-32-36-28(26(16-34)30(40)38-32)24-8-4-6-20(2)14-24/h3-14H,17-18H2,1-2H3,(H,35,37,39)(H,36,38,40). The second-order valence-electron chi connectivity index (χ2n) is 9.55. The van der Waals surface area contributed by atoms with E-state index in [2.05, 4.69) is 19.9 Å². The summed E-state index contributed by atoms with van der Waals surface area (Å²) in [6, 6.07) is 27.1. The third kappa shape index (κ3) is 6.52. The zero-order chi connectivity index (χ0) is 29.6. The Labute approximate surface area is 250 Å². The van der Waals surface area contributed by atoms with Crippen LogP contribution in [0.4, 0.5) is 0 Å². The Hall–Kier alpha value is -4.90. The van der Waals surface area contributed by atoms with E-state index in [1.807, 2.05) is 98.8 Å². The second kappa shape index (κ2) is 12.7. The van der Waals surface area contributed by atoms with Crippen molar-refractivity contribution in [3.05, 3.63) is 127 Å². The van der Waals surface area contributed by atoms with E-state index in [0.717, 1.165) is 33.4 Å². The van der Waals surface area contributed by atoms with Gasteiger partial charge in [0.25, 0.3) is 11.1 Å². The van der Waals surface area contributed by atoms with Crippen molar-refractivity contribution in [3.8, 4) is 34.7 Å². The van der Waals surface area contributed by atoms with Gasteiger partial charge >= 0.3 is 0 Å². The molecule has 206 valence electrons. The number of nitrogens with one attached hydrogen (secondary N) is 2. The third-order valence-electron chi connectivity index (χ3n) is 6.38. The van der Waals surface area contributed by atoms with Crippen molar-refractivity contribution in [2.75, 3.05) is 0 Å². The molecule has 5 rings (SSSR count). The SMILES string of the molecule is Cc1cccc(-c2nc(SCc3ccc(CSc4nc(-c5cccc(C)c5)c(C#N)c(=O)[nH]4)cc3)[nH]c(=O)c2C#N)c1. The van der Waals surface area contributed by atoms with Gasteiger partial charge in [-0.1, -0.05) is 95.3 Å². The molecule has 0 bridgehead atoms. The van der Waals surface area contributed by atoms with Crippen LogP contribution >= 0.6 is 23.5 Å². The van der Waals surface area contributed by atoms with Crippen molar-refractivity contribution in [2.24, 2.45) is 0 Å². The highest BCUT2D eigenvalue weighted by molar-refractivity contribution is 7.98. The first-order valence-electron chi connectivity index (χ1n) is 12.9. The highest BCUT2D eigenvalue weighted by Gasteiger charge is 2.15. The molecule has 0 spiro atoms. The lowest BCUT2D eigenvalue weighted by Crippen LogP contribution is -2.14. The van der Waals surface area contributed by atoms with Gasteiger partial charge in [0.15, 0.2) is 10.3 Å². The van der Waals surface area contributed by atoms with E-state index in [4.69, 9.17) is 0 Å². The number of nitriles is 2. The maximum absolute atomic E-state index is 12.6. The molecule has 0 unspecified atom stereocenters. The van der Waals surface area contributed by atoms with Crippen molar-refractivity contribution < 1.29 is 0 Å². The lowest BCUT2D eigenvalue weighted by atomic mass is 10.1. The Balaban J connectivity index is 1.28. The number of hydrogen-bond acceptors (Lipinski definition) is 8.